The number of nitrogens with zero attached hydrogens (tertiary/aromatic N) is 4. The van der Waals surface area contributed by atoms with Gasteiger partial charge in [0.15, 0.2) is 0 Å². The lowest BCUT2D eigenvalue weighted by molar-refractivity contribution is -0.124. The molecule has 0 aliphatic carbocycles. The Hall–Kier alpha value is -1.74. The Morgan fingerprint density at radius 3 is 2.39 bits per heavy atom. The van der Waals surface area contributed by atoms with Gasteiger partial charge in [0.05, 0.1) is 13.2 Å². The Morgan fingerprint density at radius 2 is 1.79 bits per heavy atom. The zero-order chi connectivity index (χ0) is 20.3. The van der Waals surface area contributed by atoms with Crippen molar-refractivity contribution in [3.63, 3.8) is 0 Å². The van der Waals surface area contributed by atoms with Gasteiger partial charge in [-0.2, -0.15) is 0 Å². The number of aromatic nitrogens is 2. The number of rotatable bonds is 5. The van der Waals surface area contributed by atoms with Gasteiger partial charge in [0, 0.05) is 42.3 Å². The van der Waals surface area contributed by atoms with Crippen LogP contribution in [0.15, 0.2) is 28.7 Å². The van der Waals surface area contributed by atoms with Crippen molar-refractivity contribution in [1.82, 2.24) is 24.9 Å². The second-order valence-electron chi connectivity index (χ2n) is 8.01. The van der Waals surface area contributed by atoms with Crippen LogP contribution in [0, 0.1) is 4.84 Å². The smallest absolute Gasteiger partial charge is 0.288 e. The number of hydrogen-bond acceptors (Lipinski definition) is 6. The number of benzene rings is 1. The van der Waals surface area contributed by atoms with Crippen molar-refractivity contribution >= 4 is 29.7 Å². The molecule has 28 heavy (non-hydrogen) atoms. The van der Waals surface area contributed by atoms with E-state index in [1.165, 1.54) is 0 Å². The molecule has 0 bridgehead atoms. The third-order valence-corrected chi connectivity index (χ3v) is 4.92. The van der Waals surface area contributed by atoms with Gasteiger partial charge in [-0.05, 0) is 57.3 Å². The van der Waals surface area contributed by atoms with Gasteiger partial charge in [0.1, 0.15) is 0 Å². The van der Waals surface area contributed by atoms with Crippen LogP contribution in [0.4, 0.5) is 0 Å². The van der Waals surface area contributed by atoms with Crippen molar-refractivity contribution < 1.29 is 9.21 Å². The van der Waals surface area contributed by atoms with Gasteiger partial charge in [-0.25, -0.2) is 4.68 Å². The van der Waals surface area contributed by atoms with Gasteiger partial charge in [0.2, 0.25) is 11.8 Å². The first-order chi connectivity index (χ1) is 13.2. The van der Waals surface area contributed by atoms with E-state index in [4.69, 9.17) is 28.2 Å². The third kappa shape index (κ3) is 5.88. The minimum absolute atomic E-state index is 0.0623. The molecule has 0 saturated carbocycles. The molecule has 2 aromatic rings. The molecule has 1 fully saturated rings. The van der Waals surface area contributed by atoms with Crippen LogP contribution in [-0.2, 0) is 11.5 Å². The second kappa shape index (κ2) is 8.73. The molecular formula is C19H26ClN5O2S. The van der Waals surface area contributed by atoms with Gasteiger partial charge in [0.25, 0.3) is 4.84 Å². The van der Waals surface area contributed by atoms with Crippen molar-refractivity contribution in [2.75, 3.05) is 32.7 Å². The summed E-state index contributed by atoms with van der Waals surface area (Å²) in [5.41, 5.74) is 0.633. The van der Waals surface area contributed by atoms with Gasteiger partial charge >= 0.3 is 0 Å². The summed E-state index contributed by atoms with van der Waals surface area (Å²) in [7, 11) is 0. The summed E-state index contributed by atoms with van der Waals surface area (Å²) in [6, 6.07) is 7.30. The lowest BCUT2D eigenvalue weighted by Crippen LogP contribution is -2.51. The molecule has 0 spiro atoms. The third-order valence-electron chi connectivity index (χ3n) is 4.38. The number of nitrogens with one attached hydrogen (secondary N) is 1. The number of amides is 1. The van der Waals surface area contributed by atoms with E-state index in [-0.39, 0.29) is 11.4 Å². The summed E-state index contributed by atoms with van der Waals surface area (Å²) >= 11 is 11.2. The van der Waals surface area contributed by atoms with Gasteiger partial charge in [-0.3, -0.25) is 14.6 Å². The Kier molecular flexibility index (Phi) is 6.54. The predicted molar refractivity (Wildman–Crippen MR) is 112 cm³/mol. The number of carbonyl (C=O) groups is 1. The second-order valence-corrected chi connectivity index (χ2v) is 8.80. The van der Waals surface area contributed by atoms with Crippen LogP contribution in [0.2, 0.25) is 5.02 Å². The van der Waals surface area contributed by atoms with E-state index in [1.807, 2.05) is 32.9 Å². The summed E-state index contributed by atoms with van der Waals surface area (Å²) in [5, 5.41) is 8.16. The van der Waals surface area contributed by atoms with Crippen LogP contribution in [0.25, 0.3) is 11.5 Å². The van der Waals surface area contributed by atoms with E-state index in [0.29, 0.717) is 29.0 Å². The quantitative estimate of drug-likeness (QED) is 0.745. The largest absolute Gasteiger partial charge is 0.409 e. The summed E-state index contributed by atoms with van der Waals surface area (Å²) in [6.45, 7) is 10.3. The lowest BCUT2D eigenvalue weighted by Gasteiger charge is -2.34. The number of halogens is 1. The molecule has 1 amide bonds. The average molecular weight is 424 g/mol. The maximum atomic E-state index is 12.1. The minimum atomic E-state index is -0.204. The van der Waals surface area contributed by atoms with Crippen molar-refractivity contribution in [1.29, 1.82) is 0 Å². The number of piperazine rings is 1. The molecule has 0 radical (unpaired) electrons. The Morgan fingerprint density at radius 1 is 1.18 bits per heavy atom. The molecule has 1 aromatic carbocycles. The highest BCUT2D eigenvalue weighted by Crippen LogP contribution is 2.20. The molecule has 7 nitrogen and oxygen atoms in total. The maximum absolute atomic E-state index is 12.1. The van der Waals surface area contributed by atoms with Crippen LogP contribution in [0.1, 0.15) is 20.8 Å². The van der Waals surface area contributed by atoms with E-state index < -0.39 is 0 Å². The van der Waals surface area contributed by atoms with E-state index in [1.54, 1.807) is 16.8 Å². The van der Waals surface area contributed by atoms with Crippen molar-refractivity contribution in [2.45, 2.75) is 33.0 Å². The van der Waals surface area contributed by atoms with E-state index in [9.17, 15) is 4.79 Å². The van der Waals surface area contributed by atoms with Gasteiger partial charge in [-0.1, -0.05) is 11.6 Å². The molecule has 0 atom stereocenters. The molecule has 1 saturated heterocycles. The molecule has 0 unspecified atom stereocenters. The summed E-state index contributed by atoms with van der Waals surface area (Å²) in [4.78, 5) is 16.8. The molecule has 2 heterocycles. The Bertz CT molecular complexity index is 864. The molecule has 152 valence electrons. The van der Waals surface area contributed by atoms with E-state index in [2.05, 4.69) is 20.2 Å². The van der Waals surface area contributed by atoms with Crippen LogP contribution < -0.4 is 5.32 Å². The minimum Gasteiger partial charge on any atom is -0.409 e. The van der Waals surface area contributed by atoms with Crippen molar-refractivity contribution in [2.24, 2.45) is 0 Å². The van der Waals surface area contributed by atoms with E-state index in [0.717, 1.165) is 31.7 Å². The van der Waals surface area contributed by atoms with Crippen LogP contribution in [0.5, 0.6) is 0 Å². The normalized spacial score (nSPS) is 16.3. The van der Waals surface area contributed by atoms with Gasteiger partial charge < -0.3 is 9.73 Å². The lowest BCUT2D eigenvalue weighted by atomic mass is 10.1. The summed E-state index contributed by atoms with van der Waals surface area (Å²) in [5.74, 6) is 0.548. The number of carbonyl (C=O) groups excluding carboxylic acids is 1. The molecule has 9 heteroatoms. The van der Waals surface area contributed by atoms with Crippen molar-refractivity contribution in [3.8, 4) is 11.5 Å². The fraction of sp³-hybridized carbons (Fsp3) is 0.526. The average Bonchev–Trinajstić information content (AvgIpc) is 2.96. The fourth-order valence-electron chi connectivity index (χ4n) is 3.04. The highest BCUT2D eigenvalue weighted by atomic mass is 35.5. The van der Waals surface area contributed by atoms with Gasteiger partial charge in [-0.15, -0.1) is 5.10 Å². The van der Waals surface area contributed by atoms with E-state index >= 15 is 0 Å². The highest BCUT2D eigenvalue weighted by molar-refractivity contribution is 7.71. The first kappa shape index (κ1) is 21.0. The Balaban J connectivity index is 1.53. The molecule has 3 rings (SSSR count). The topological polar surface area (TPSA) is 66.5 Å². The zero-order valence-electron chi connectivity index (χ0n) is 16.4. The predicted octanol–water partition coefficient (Wildman–Crippen LogP) is 3.02. The number of hydrogen-bond donors (Lipinski definition) is 1. The molecule has 1 aliphatic rings. The first-order valence-corrected chi connectivity index (χ1v) is 10.1. The summed E-state index contributed by atoms with van der Waals surface area (Å²) < 4.78 is 7.33. The molecule has 1 N–H and O–H groups in total. The monoisotopic (exact) mass is 423 g/mol. The fourth-order valence-corrected chi connectivity index (χ4v) is 3.35. The SMILES string of the molecule is CC(C)(C)NC(=O)CN1CCN(Cn2nc(-c3ccc(Cl)cc3)oc2=S)CC1. The molecule has 1 aliphatic heterocycles. The maximum Gasteiger partial charge on any atom is 0.288 e. The van der Waals surface area contributed by atoms with Crippen LogP contribution >= 0.6 is 23.8 Å². The van der Waals surface area contributed by atoms with Crippen LogP contribution in [0.3, 0.4) is 0 Å². The van der Waals surface area contributed by atoms with Crippen molar-refractivity contribution in [3.05, 3.63) is 34.1 Å². The Labute approximate surface area is 175 Å². The highest BCUT2D eigenvalue weighted by Gasteiger charge is 2.22. The molecular weight excluding hydrogens is 398 g/mol. The standard InChI is InChI=1S/C19H26ClN5O2S/c1-19(2,3)21-16(26)12-23-8-10-24(11-9-23)13-25-18(28)27-17(22-25)14-4-6-15(20)7-5-14/h4-7H,8-13H2,1-3H3,(H,21,26). The summed E-state index contributed by atoms with van der Waals surface area (Å²) in [6.07, 6.45) is 0. The zero-order valence-corrected chi connectivity index (χ0v) is 18.0. The van der Waals surface area contributed by atoms with Crippen LogP contribution in [-0.4, -0.2) is 63.8 Å². The first-order valence-electron chi connectivity index (χ1n) is 9.29. The molecule has 1 aromatic heterocycles.